The maximum atomic E-state index is 12.7. The van der Waals surface area contributed by atoms with Gasteiger partial charge in [0.2, 0.25) is 0 Å². The van der Waals surface area contributed by atoms with E-state index in [0.29, 0.717) is 16.8 Å². The van der Waals surface area contributed by atoms with E-state index in [1.54, 1.807) is 12.1 Å². The van der Waals surface area contributed by atoms with Gasteiger partial charge in [-0.05, 0) is 23.8 Å². The quantitative estimate of drug-likeness (QED) is 0.765. The molecule has 0 aliphatic carbocycles. The van der Waals surface area contributed by atoms with Gasteiger partial charge in [0.1, 0.15) is 12.4 Å². The molecule has 10 heteroatoms. The standard InChI is InChI=1S/C18H15F6NO3/c19-17(20,21)15(26)10-25-7-8-27-16-13(5-2-6-14(16)25)11-3-1-4-12(9-11)28-18(22,23)24/h1-6,9,15,26H,7-8,10H2. The van der Waals surface area contributed by atoms with E-state index in [2.05, 4.69) is 4.74 Å². The summed E-state index contributed by atoms with van der Waals surface area (Å²) in [6, 6.07) is 9.85. The van der Waals surface area contributed by atoms with Gasteiger partial charge in [0.25, 0.3) is 0 Å². The van der Waals surface area contributed by atoms with E-state index in [-0.39, 0.29) is 18.9 Å². The molecule has 0 amide bonds. The number of nitrogens with zero attached hydrogens (tertiary/aromatic N) is 1. The Bertz CT molecular complexity index is 837. The molecule has 4 nitrogen and oxygen atoms in total. The molecule has 0 aromatic heterocycles. The van der Waals surface area contributed by atoms with Crippen molar-refractivity contribution >= 4 is 5.69 Å². The van der Waals surface area contributed by atoms with E-state index in [9.17, 15) is 31.4 Å². The molecule has 0 saturated carbocycles. The first-order chi connectivity index (χ1) is 13.0. The van der Waals surface area contributed by atoms with Crippen LogP contribution in [0.15, 0.2) is 42.5 Å². The third-order valence-corrected chi connectivity index (χ3v) is 4.09. The van der Waals surface area contributed by atoms with Crippen LogP contribution >= 0.6 is 0 Å². The number of hydrogen-bond acceptors (Lipinski definition) is 4. The lowest BCUT2D eigenvalue weighted by atomic mass is 10.0. The average Bonchev–Trinajstić information content (AvgIpc) is 2.59. The van der Waals surface area contributed by atoms with E-state index in [0.717, 1.165) is 12.1 Å². The molecule has 1 N–H and O–H groups in total. The maximum Gasteiger partial charge on any atom is 0.573 e. The second kappa shape index (κ2) is 7.42. The molecule has 3 rings (SSSR count). The van der Waals surface area contributed by atoms with Gasteiger partial charge < -0.3 is 19.5 Å². The molecule has 0 radical (unpaired) electrons. The largest absolute Gasteiger partial charge is 0.573 e. The van der Waals surface area contributed by atoms with Crippen molar-refractivity contribution in [3.63, 3.8) is 0 Å². The smallest absolute Gasteiger partial charge is 0.489 e. The van der Waals surface area contributed by atoms with Crippen LogP contribution < -0.4 is 14.4 Å². The highest BCUT2D eigenvalue weighted by Gasteiger charge is 2.40. The zero-order chi connectivity index (χ0) is 20.5. The molecular weight excluding hydrogens is 392 g/mol. The van der Waals surface area contributed by atoms with Gasteiger partial charge in [-0.25, -0.2) is 0 Å². The fourth-order valence-corrected chi connectivity index (χ4v) is 2.89. The van der Waals surface area contributed by atoms with Gasteiger partial charge in [0.05, 0.1) is 18.8 Å². The maximum absolute atomic E-state index is 12.7. The topological polar surface area (TPSA) is 41.9 Å². The summed E-state index contributed by atoms with van der Waals surface area (Å²) in [6.45, 7) is -0.491. The van der Waals surface area contributed by atoms with Gasteiger partial charge >= 0.3 is 12.5 Å². The summed E-state index contributed by atoms with van der Waals surface area (Å²) in [5, 5.41) is 9.36. The lowest BCUT2D eigenvalue weighted by molar-refractivity contribution is -0.274. The number of alkyl halides is 6. The predicted octanol–water partition coefficient (Wildman–Crippen LogP) is 4.37. The van der Waals surface area contributed by atoms with Crippen LogP contribution in [0.3, 0.4) is 0 Å². The Labute approximate surface area is 155 Å². The zero-order valence-corrected chi connectivity index (χ0v) is 14.2. The van der Waals surface area contributed by atoms with Crippen molar-refractivity contribution in [1.82, 2.24) is 0 Å². The van der Waals surface area contributed by atoms with Crippen LogP contribution in [-0.2, 0) is 0 Å². The highest BCUT2D eigenvalue weighted by molar-refractivity contribution is 5.80. The predicted molar refractivity (Wildman–Crippen MR) is 88.3 cm³/mol. The molecule has 0 spiro atoms. The molecule has 1 aliphatic rings. The van der Waals surface area contributed by atoms with Crippen molar-refractivity contribution in [2.45, 2.75) is 18.6 Å². The van der Waals surface area contributed by atoms with Crippen molar-refractivity contribution in [3.8, 4) is 22.6 Å². The van der Waals surface area contributed by atoms with Gasteiger partial charge in [0, 0.05) is 5.56 Å². The average molecular weight is 407 g/mol. The molecule has 28 heavy (non-hydrogen) atoms. The van der Waals surface area contributed by atoms with Crippen molar-refractivity contribution in [1.29, 1.82) is 0 Å². The minimum atomic E-state index is -4.85. The molecule has 2 aromatic rings. The molecule has 1 heterocycles. The summed E-state index contributed by atoms with van der Waals surface area (Å²) in [5.41, 5.74) is 1.06. The Kier molecular flexibility index (Phi) is 5.33. The molecule has 0 saturated heterocycles. The summed E-state index contributed by atoms with van der Waals surface area (Å²) in [4.78, 5) is 1.33. The second-order valence-electron chi connectivity index (χ2n) is 6.08. The molecule has 152 valence electrons. The van der Waals surface area contributed by atoms with Crippen LogP contribution in [0, 0.1) is 0 Å². The first kappa shape index (κ1) is 20.1. The Morgan fingerprint density at radius 1 is 1.07 bits per heavy atom. The molecule has 0 bridgehead atoms. The van der Waals surface area contributed by atoms with E-state index in [1.165, 1.54) is 23.1 Å². The second-order valence-corrected chi connectivity index (χ2v) is 6.08. The first-order valence-electron chi connectivity index (χ1n) is 8.16. The number of halogens is 6. The number of aliphatic hydroxyl groups is 1. The molecule has 1 aliphatic heterocycles. The van der Waals surface area contributed by atoms with Crippen molar-refractivity contribution < 1.29 is 40.9 Å². The highest BCUT2D eigenvalue weighted by atomic mass is 19.4. The van der Waals surface area contributed by atoms with Crippen LogP contribution in [0.4, 0.5) is 32.0 Å². The Morgan fingerprint density at radius 2 is 1.79 bits per heavy atom. The first-order valence-corrected chi connectivity index (χ1v) is 8.16. The number of benzene rings is 2. The van der Waals surface area contributed by atoms with Gasteiger partial charge in [-0.3, -0.25) is 0 Å². The van der Waals surface area contributed by atoms with Crippen LogP contribution in [0.2, 0.25) is 0 Å². The molecule has 2 aromatic carbocycles. The fraction of sp³-hybridized carbons (Fsp3) is 0.333. The van der Waals surface area contributed by atoms with E-state index < -0.39 is 30.9 Å². The lowest BCUT2D eigenvalue weighted by Crippen LogP contribution is -2.44. The molecule has 1 unspecified atom stereocenters. The van der Waals surface area contributed by atoms with Gasteiger partial charge in [-0.1, -0.05) is 24.3 Å². The normalized spacial score (nSPS) is 15.6. The summed E-state index contributed by atoms with van der Waals surface area (Å²) in [5.74, 6) is -0.199. The summed E-state index contributed by atoms with van der Waals surface area (Å²) >= 11 is 0. The van der Waals surface area contributed by atoms with Gasteiger partial charge in [-0.2, -0.15) is 13.2 Å². The minimum absolute atomic E-state index is 0.0628. The fourth-order valence-electron chi connectivity index (χ4n) is 2.89. The Morgan fingerprint density at radius 3 is 2.46 bits per heavy atom. The van der Waals surface area contributed by atoms with Crippen LogP contribution in [-0.4, -0.2) is 43.4 Å². The number of rotatable bonds is 4. The third-order valence-electron chi connectivity index (χ3n) is 4.09. The minimum Gasteiger partial charge on any atom is -0.489 e. The number of anilines is 1. The Balaban J connectivity index is 1.94. The summed E-state index contributed by atoms with van der Waals surface area (Å²) in [7, 11) is 0. The molecule has 1 atom stereocenters. The SMILES string of the molecule is OC(CN1CCOc2c(-c3cccc(OC(F)(F)F)c3)cccc21)C(F)(F)F. The van der Waals surface area contributed by atoms with Crippen molar-refractivity contribution in [2.75, 3.05) is 24.6 Å². The van der Waals surface area contributed by atoms with Crippen LogP contribution in [0.5, 0.6) is 11.5 Å². The number of hydrogen-bond donors (Lipinski definition) is 1. The van der Waals surface area contributed by atoms with Gasteiger partial charge in [-0.15, -0.1) is 13.2 Å². The van der Waals surface area contributed by atoms with E-state index >= 15 is 0 Å². The van der Waals surface area contributed by atoms with E-state index in [4.69, 9.17) is 4.74 Å². The monoisotopic (exact) mass is 407 g/mol. The van der Waals surface area contributed by atoms with E-state index in [1.807, 2.05) is 0 Å². The van der Waals surface area contributed by atoms with Crippen molar-refractivity contribution in [2.24, 2.45) is 0 Å². The third kappa shape index (κ3) is 4.61. The van der Waals surface area contributed by atoms with Crippen LogP contribution in [0.1, 0.15) is 0 Å². The number of fused-ring (bicyclic) bond motifs is 1. The molecule has 0 fully saturated rings. The summed E-state index contributed by atoms with van der Waals surface area (Å²) in [6.07, 6.45) is -12.2. The number of aliphatic hydroxyl groups excluding tert-OH is 1. The zero-order valence-electron chi connectivity index (χ0n) is 14.2. The number of β-amino-alcohol motifs (C(OH)–C–C–N with tert-alkyl or cyclic N) is 1. The number of para-hydroxylation sites is 1. The van der Waals surface area contributed by atoms with Gasteiger partial charge in [0.15, 0.2) is 11.9 Å². The van der Waals surface area contributed by atoms with Crippen LogP contribution in [0.25, 0.3) is 11.1 Å². The number of ether oxygens (including phenoxy) is 2. The highest BCUT2D eigenvalue weighted by Crippen LogP contribution is 2.42. The summed E-state index contributed by atoms with van der Waals surface area (Å²) < 4.78 is 84.9. The Hall–Kier alpha value is -2.62. The lowest BCUT2D eigenvalue weighted by Gasteiger charge is -2.34. The van der Waals surface area contributed by atoms with Crippen molar-refractivity contribution in [3.05, 3.63) is 42.5 Å². The molecular formula is C18H15F6NO3.